The van der Waals surface area contributed by atoms with E-state index in [1.807, 2.05) is 13.2 Å². The molecule has 1 saturated carbocycles. The summed E-state index contributed by atoms with van der Waals surface area (Å²) in [5, 5.41) is 7.92. The summed E-state index contributed by atoms with van der Waals surface area (Å²) in [5.74, 6) is 1.55. The molecule has 4 heteroatoms. The molecule has 2 atom stereocenters. The first-order valence-electron chi connectivity index (χ1n) is 6.71. The predicted octanol–water partition coefficient (Wildman–Crippen LogP) is 2.78. The van der Waals surface area contributed by atoms with Crippen molar-refractivity contribution in [3.63, 3.8) is 0 Å². The van der Waals surface area contributed by atoms with Gasteiger partial charge >= 0.3 is 0 Å². The summed E-state index contributed by atoms with van der Waals surface area (Å²) in [6.45, 7) is 8.95. The van der Waals surface area contributed by atoms with E-state index >= 15 is 0 Å². The van der Waals surface area contributed by atoms with Gasteiger partial charge in [-0.3, -0.25) is 4.68 Å². The molecule has 2 unspecified atom stereocenters. The van der Waals surface area contributed by atoms with Gasteiger partial charge in [-0.25, -0.2) is 0 Å². The van der Waals surface area contributed by atoms with Gasteiger partial charge in [0.15, 0.2) is 5.75 Å². The van der Waals surface area contributed by atoms with Crippen LogP contribution in [0.5, 0.6) is 5.75 Å². The van der Waals surface area contributed by atoms with Crippen LogP contribution >= 0.6 is 0 Å². The summed E-state index contributed by atoms with van der Waals surface area (Å²) >= 11 is 0. The Labute approximate surface area is 110 Å². The topological polar surface area (TPSA) is 39.1 Å². The van der Waals surface area contributed by atoms with Crippen LogP contribution in [0, 0.1) is 11.3 Å². The Hall–Kier alpha value is -1.03. The number of nitrogens with one attached hydrogen (secondary N) is 1. The smallest absolute Gasteiger partial charge is 0.161 e. The van der Waals surface area contributed by atoms with E-state index in [0.29, 0.717) is 23.4 Å². The fraction of sp³-hybridized carbons (Fsp3) is 0.786. The van der Waals surface area contributed by atoms with E-state index in [-0.39, 0.29) is 0 Å². The molecule has 1 aliphatic carbocycles. The normalized spacial score (nSPS) is 23.2. The number of hydrogen-bond donors (Lipinski definition) is 1. The third kappa shape index (κ3) is 2.14. The van der Waals surface area contributed by atoms with Gasteiger partial charge in [-0.15, -0.1) is 0 Å². The molecule has 1 aromatic rings. The summed E-state index contributed by atoms with van der Waals surface area (Å²) in [7, 11) is 3.74. The van der Waals surface area contributed by atoms with E-state index in [1.165, 1.54) is 12.1 Å². The lowest BCUT2D eigenvalue weighted by molar-refractivity contribution is 0.361. The predicted molar refractivity (Wildman–Crippen MR) is 72.9 cm³/mol. The van der Waals surface area contributed by atoms with Gasteiger partial charge in [-0.1, -0.05) is 13.8 Å². The minimum atomic E-state index is 0.319. The minimum absolute atomic E-state index is 0.319. The van der Waals surface area contributed by atoms with Crippen molar-refractivity contribution >= 4 is 0 Å². The average Bonchev–Trinajstić information content (AvgIpc) is 2.77. The molecule has 2 rings (SSSR count). The molecule has 0 aromatic carbocycles. The van der Waals surface area contributed by atoms with Gasteiger partial charge in [0.2, 0.25) is 0 Å². The first-order valence-corrected chi connectivity index (χ1v) is 6.71. The number of methoxy groups -OCH3 is 1. The fourth-order valence-corrected chi connectivity index (χ4v) is 2.83. The van der Waals surface area contributed by atoms with Crippen molar-refractivity contribution in [2.24, 2.45) is 11.3 Å². The van der Waals surface area contributed by atoms with Crippen molar-refractivity contribution in [3.05, 3.63) is 11.9 Å². The van der Waals surface area contributed by atoms with E-state index in [0.717, 1.165) is 5.75 Å². The van der Waals surface area contributed by atoms with Gasteiger partial charge in [0.1, 0.15) is 0 Å². The Balaban J connectivity index is 2.38. The number of aromatic nitrogens is 2. The molecule has 0 spiro atoms. The monoisotopic (exact) mass is 251 g/mol. The van der Waals surface area contributed by atoms with Crippen LogP contribution in [0.4, 0.5) is 0 Å². The molecule has 1 N–H and O–H groups in total. The highest BCUT2D eigenvalue weighted by atomic mass is 16.5. The first kappa shape index (κ1) is 13.4. The van der Waals surface area contributed by atoms with Gasteiger partial charge in [0, 0.05) is 6.04 Å². The molecule has 1 heterocycles. The van der Waals surface area contributed by atoms with Crippen molar-refractivity contribution in [2.75, 3.05) is 14.2 Å². The van der Waals surface area contributed by atoms with E-state index in [2.05, 4.69) is 42.8 Å². The zero-order chi connectivity index (χ0) is 13.5. The van der Waals surface area contributed by atoms with Crippen molar-refractivity contribution in [3.8, 4) is 5.75 Å². The zero-order valence-corrected chi connectivity index (χ0v) is 12.3. The maximum absolute atomic E-state index is 5.48. The van der Waals surface area contributed by atoms with Crippen molar-refractivity contribution < 1.29 is 4.74 Å². The van der Waals surface area contributed by atoms with Gasteiger partial charge in [0.25, 0.3) is 0 Å². The Bertz CT molecular complexity index is 423. The molecule has 0 amide bonds. The van der Waals surface area contributed by atoms with Gasteiger partial charge in [0.05, 0.1) is 25.0 Å². The van der Waals surface area contributed by atoms with Crippen LogP contribution in [0.3, 0.4) is 0 Å². The zero-order valence-electron chi connectivity index (χ0n) is 12.3. The molecule has 18 heavy (non-hydrogen) atoms. The van der Waals surface area contributed by atoms with Crippen LogP contribution in [0.1, 0.15) is 51.9 Å². The Morgan fingerprint density at radius 1 is 1.50 bits per heavy atom. The Morgan fingerprint density at radius 3 is 2.50 bits per heavy atom. The van der Waals surface area contributed by atoms with Crippen LogP contribution in [0.25, 0.3) is 0 Å². The molecule has 4 nitrogen and oxygen atoms in total. The molecule has 1 fully saturated rings. The molecule has 0 saturated heterocycles. The molecule has 0 aliphatic heterocycles. The van der Waals surface area contributed by atoms with Crippen LogP contribution < -0.4 is 10.1 Å². The van der Waals surface area contributed by atoms with Crippen molar-refractivity contribution in [1.82, 2.24) is 15.1 Å². The molecule has 0 bridgehead atoms. The Morgan fingerprint density at radius 2 is 2.11 bits per heavy atom. The second-order valence-electron chi connectivity index (χ2n) is 6.20. The first-order chi connectivity index (χ1) is 8.42. The highest BCUT2D eigenvalue weighted by molar-refractivity contribution is 5.31. The summed E-state index contributed by atoms with van der Waals surface area (Å²) in [6, 6.07) is 0.668. The quantitative estimate of drug-likeness (QED) is 0.874. The molecule has 1 aliphatic rings. The summed E-state index contributed by atoms with van der Waals surface area (Å²) < 4.78 is 7.56. The highest BCUT2D eigenvalue weighted by Crippen LogP contribution is 2.58. The van der Waals surface area contributed by atoms with E-state index in [1.54, 1.807) is 7.11 Å². The maximum atomic E-state index is 5.48. The second kappa shape index (κ2) is 4.57. The maximum Gasteiger partial charge on any atom is 0.161 e. The van der Waals surface area contributed by atoms with Gasteiger partial charge < -0.3 is 10.1 Å². The minimum Gasteiger partial charge on any atom is -0.493 e. The van der Waals surface area contributed by atoms with Gasteiger partial charge in [-0.05, 0) is 38.6 Å². The van der Waals surface area contributed by atoms with E-state index < -0.39 is 0 Å². The average molecular weight is 251 g/mol. The Kier molecular flexibility index (Phi) is 3.41. The van der Waals surface area contributed by atoms with E-state index in [9.17, 15) is 0 Å². The van der Waals surface area contributed by atoms with Gasteiger partial charge in [-0.2, -0.15) is 5.10 Å². The molecule has 1 aromatic heterocycles. The van der Waals surface area contributed by atoms with Crippen molar-refractivity contribution in [2.45, 2.75) is 46.2 Å². The third-order valence-corrected chi connectivity index (χ3v) is 4.11. The molecular formula is C14H25N3O. The molecule has 0 radical (unpaired) electrons. The third-order valence-electron chi connectivity index (χ3n) is 4.11. The summed E-state index contributed by atoms with van der Waals surface area (Å²) in [5.41, 5.74) is 1.61. The standard InChI is InChI=1S/C14H25N3O/c1-9(2)17-13(11(18-6)8-16-17)12(15-5)10-7-14(10,3)4/h8-10,12,15H,7H2,1-6H3. The lowest BCUT2D eigenvalue weighted by Crippen LogP contribution is -2.25. The molecular weight excluding hydrogens is 226 g/mol. The fourth-order valence-electron chi connectivity index (χ4n) is 2.83. The van der Waals surface area contributed by atoms with Crippen LogP contribution in [-0.2, 0) is 0 Å². The number of ether oxygens (including phenoxy) is 1. The van der Waals surface area contributed by atoms with Crippen LogP contribution in [0.15, 0.2) is 6.20 Å². The van der Waals surface area contributed by atoms with Crippen molar-refractivity contribution in [1.29, 1.82) is 0 Å². The SMILES string of the molecule is CNC(c1c(OC)cnn1C(C)C)C1CC1(C)C. The lowest BCUT2D eigenvalue weighted by atomic mass is 10.0. The number of hydrogen-bond acceptors (Lipinski definition) is 3. The largest absolute Gasteiger partial charge is 0.493 e. The summed E-state index contributed by atoms with van der Waals surface area (Å²) in [4.78, 5) is 0. The number of nitrogens with zero attached hydrogens (tertiary/aromatic N) is 2. The second-order valence-corrected chi connectivity index (χ2v) is 6.20. The van der Waals surface area contributed by atoms with E-state index in [4.69, 9.17) is 4.74 Å². The highest BCUT2D eigenvalue weighted by Gasteiger charge is 2.51. The lowest BCUT2D eigenvalue weighted by Gasteiger charge is -2.22. The van der Waals surface area contributed by atoms with Crippen LogP contribution in [0.2, 0.25) is 0 Å². The van der Waals surface area contributed by atoms with Crippen LogP contribution in [-0.4, -0.2) is 23.9 Å². The summed E-state index contributed by atoms with van der Waals surface area (Å²) in [6.07, 6.45) is 3.08. The molecule has 102 valence electrons. The number of rotatable bonds is 5.